The molecule has 0 aliphatic rings. The van der Waals surface area contributed by atoms with Gasteiger partial charge in [0.2, 0.25) is 0 Å². The Kier molecular flexibility index (Phi) is 3.22. The van der Waals surface area contributed by atoms with Crippen molar-refractivity contribution in [3.8, 4) is 0 Å². The maximum absolute atomic E-state index is 5.57. The summed E-state index contributed by atoms with van der Waals surface area (Å²) in [6.45, 7) is 8.22. The molecule has 17 heavy (non-hydrogen) atoms. The molecule has 1 unspecified atom stereocenters. The van der Waals surface area contributed by atoms with Gasteiger partial charge in [0.05, 0.1) is 6.04 Å². The number of nitrogens with zero attached hydrogens (tertiary/aromatic N) is 2. The van der Waals surface area contributed by atoms with Crippen molar-refractivity contribution in [2.45, 2.75) is 39.8 Å². The molecule has 0 saturated heterocycles. The van der Waals surface area contributed by atoms with Crippen molar-refractivity contribution >= 4 is 5.82 Å². The first-order valence-corrected chi connectivity index (χ1v) is 5.94. The third-order valence-corrected chi connectivity index (χ3v) is 2.69. The fourth-order valence-electron chi connectivity index (χ4n) is 1.68. The van der Waals surface area contributed by atoms with Gasteiger partial charge in [-0.25, -0.2) is 0 Å². The van der Waals surface area contributed by atoms with Crippen LogP contribution >= 0.6 is 0 Å². The highest BCUT2D eigenvalue weighted by Gasteiger charge is 2.11. The number of furan rings is 1. The normalized spacial score (nSPS) is 13.0. The van der Waals surface area contributed by atoms with Gasteiger partial charge < -0.3 is 9.73 Å². The van der Waals surface area contributed by atoms with Crippen LogP contribution in [0.3, 0.4) is 0 Å². The van der Waals surface area contributed by atoms with Crippen LogP contribution in [0.2, 0.25) is 0 Å². The van der Waals surface area contributed by atoms with E-state index in [1.807, 2.05) is 36.0 Å². The quantitative estimate of drug-likeness (QED) is 0.878. The van der Waals surface area contributed by atoms with Crippen LogP contribution in [0, 0.1) is 6.92 Å². The van der Waals surface area contributed by atoms with Gasteiger partial charge >= 0.3 is 0 Å². The molecule has 92 valence electrons. The van der Waals surface area contributed by atoms with Crippen LogP contribution in [0.15, 0.2) is 28.8 Å². The fraction of sp³-hybridized carbons (Fsp3) is 0.462. The summed E-state index contributed by atoms with van der Waals surface area (Å²) in [5.41, 5.74) is 0. The fourth-order valence-corrected chi connectivity index (χ4v) is 1.68. The second kappa shape index (κ2) is 4.65. The summed E-state index contributed by atoms with van der Waals surface area (Å²) in [4.78, 5) is 0. The predicted molar refractivity (Wildman–Crippen MR) is 68.1 cm³/mol. The molecular formula is C13H19N3O. The van der Waals surface area contributed by atoms with Crippen molar-refractivity contribution < 1.29 is 4.42 Å². The molecule has 0 fully saturated rings. The number of anilines is 1. The molecule has 1 N–H and O–H groups in total. The average molecular weight is 233 g/mol. The Hall–Kier alpha value is -1.71. The van der Waals surface area contributed by atoms with Crippen molar-refractivity contribution in [1.82, 2.24) is 9.78 Å². The Bertz CT molecular complexity index is 484. The van der Waals surface area contributed by atoms with Gasteiger partial charge in [-0.15, -0.1) is 0 Å². The smallest absolute Gasteiger partial charge is 0.148 e. The summed E-state index contributed by atoms with van der Waals surface area (Å²) < 4.78 is 7.51. The van der Waals surface area contributed by atoms with E-state index in [4.69, 9.17) is 4.42 Å². The van der Waals surface area contributed by atoms with E-state index in [1.54, 1.807) is 0 Å². The van der Waals surface area contributed by atoms with Crippen LogP contribution < -0.4 is 5.32 Å². The van der Waals surface area contributed by atoms with Crippen molar-refractivity contribution in [3.05, 3.63) is 35.9 Å². The molecule has 4 nitrogen and oxygen atoms in total. The van der Waals surface area contributed by atoms with Crippen LogP contribution in [-0.2, 0) is 0 Å². The Morgan fingerprint density at radius 2 is 2.00 bits per heavy atom. The number of hydrogen-bond acceptors (Lipinski definition) is 3. The van der Waals surface area contributed by atoms with E-state index in [0.29, 0.717) is 6.04 Å². The number of rotatable bonds is 4. The van der Waals surface area contributed by atoms with Crippen molar-refractivity contribution in [3.63, 3.8) is 0 Å². The highest BCUT2D eigenvalue weighted by molar-refractivity contribution is 5.35. The zero-order valence-electron chi connectivity index (χ0n) is 10.8. The van der Waals surface area contributed by atoms with Gasteiger partial charge in [0.25, 0.3) is 0 Å². The lowest BCUT2D eigenvalue weighted by Gasteiger charge is -2.10. The molecule has 0 amide bonds. The SMILES string of the molecule is Cc1ccc(C(C)Nc2ccn(C(C)C)n2)o1. The highest BCUT2D eigenvalue weighted by Crippen LogP contribution is 2.20. The van der Waals surface area contributed by atoms with Gasteiger partial charge in [-0.2, -0.15) is 5.10 Å². The van der Waals surface area contributed by atoms with Crippen molar-refractivity contribution in [1.29, 1.82) is 0 Å². The molecule has 0 spiro atoms. The first kappa shape index (κ1) is 11.8. The lowest BCUT2D eigenvalue weighted by atomic mass is 10.2. The molecule has 2 heterocycles. The number of aryl methyl sites for hydroxylation is 1. The van der Waals surface area contributed by atoms with Crippen LogP contribution in [0.1, 0.15) is 44.4 Å². The van der Waals surface area contributed by atoms with Gasteiger partial charge in [-0.1, -0.05) is 0 Å². The van der Waals surface area contributed by atoms with Crippen LogP contribution in [0.5, 0.6) is 0 Å². The monoisotopic (exact) mass is 233 g/mol. The first-order chi connectivity index (χ1) is 8.06. The van der Waals surface area contributed by atoms with Crippen LogP contribution in [0.25, 0.3) is 0 Å². The van der Waals surface area contributed by atoms with Crippen molar-refractivity contribution in [2.24, 2.45) is 0 Å². The van der Waals surface area contributed by atoms with E-state index in [1.165, 1.54) is 0 Å². The lowest BCUT2D eigenvalue weighted by Crippen LogP contribution is -2.07. The molecule has 0 aliphatic heterocycles. The average Bonchev–Trinajstić information content (AvgIpc) is 2.86. The summed E-state index contributed by atoms with van der Waals surface area (Å²) in [6, 6.07) is 6.45. The summed E-state index contributed by atoms with van der Waals surface area (Å²) in [5, 5.41) is 7.77. The maximum Gasteiger partial charge on any atom is 0.148 e. The van der Waals surface area contributed by atoms with E-state index in [9.17, 15) is 0 Å². The van der Waals surface area contributed by atoms with E-state index in [-0.39, 0.29) is 6.04 Å². The maximum atomic E-state index is 5.57. The van der Waals surface area contributed by atoms with Gasteiger partial charge in [0, 0.05) is 18.3 Å². The molecule has 4 heteroatoms. The minimum Gasteiger partial charge on any atom is -0.464 e. The largest absolute Gasteiger partial charge is 0.464 e. The summed E-state index contributed by atoms with van der Waals surface area (Å²) >= 11 is 0. The van der Waals surface area contributed by atoms with Gasteiger partial charge in [0.15, 0.2) is 0 Å². The third-order valence-electron chi connectivity index (χ3n) is 2.69. The second-order valence-corrected chi connectivity index (χ2v) is 4.59. The summed E-state index contributed by atoms with van der Waals surface area (Å²) in [5.74, 6) is 2.74. The molecule has 0 saturated carbocycles. The minimum atomic E-state index is 0.124. The summed E-state index contributed by atoms with van der Waals surface area (Å²) in [7, 11) is 0. The topological polar surface area (TPSA) is 43.0 Å². The summed E-state index contributed by atoms with van der Waals surface area (Å²) in [6.07, 6.45) is 1.98. The number of nitrogens with one attached hydrogen (secondary N) is 1. The lowest BCUT2D eigenvalue weighted by molar-refractivity contribution is 0.465. The van der Waals surface area contributed by atoms with E-state index in [2.05, 4.69) is 31.2 Å². The Morgan fingerprint density at radius 3 is 2.53 bits per heavy atom. The van der Waals surface area contributed by atoms with Crippen molar-refractivity contribution in [2.75, 3.05) is 5.32 Å². The van der Waals surface area contributed by atoms with Gasteiger partial charge in [-0.05, 0) is 39.8 Å². The number of aromatic nitrogens is 2. The molecule has 0 aromatic carbocycles. The zero-order chi connectivity index (χ0) is 12.4. The Labute approximate surface area is 102 Å². The molecule has 2 rings (SSSR count). The molecule has 2 aromatic rings. The standard InChI is InChI=1S/C13H19N3O/c1-9(2)16-8-7-13(15-16)14-11(4)12-6-5-10(3)17-12/h5-9,11H,1-4H3,(H,14,15). The molecule has 0 radical (unpaired) electrons. The van der Waals surface area contributed by atoms with E-state index in [0.717, 1.165) is 17.3 Å². The van der Waals surface area contributed by atoms with Gasteiger partial charge in [0.1, 0.15) is 17.3 Å². The molecule has 2 aromatic heterocycles. The molecule has 1 atom stereocenters. The molecule has 0 aliphatic carbocycles. The van der Waals surface area contributed by atoms with Crippen LogP contribution in [0.4, 0.5) is 5.82 Å². The second-order valence-electron chi connectivity index (χ2n) is 4.59. The van der Waals surface area contributed by atoms with Crippen LogP contribution in [-0.4, -0.2) is 9.78 Å². The predicted octanol–water partition coefficient (Wildman–Crippen LogP) is 3.54. The highest BCUT2D eigenvalue weighted by atomic mass is 16.3. The van der Waals surface area contributed by atoms with E-state index < -0.39 is 0 Å². The van der Waals surface area contributed by atoms with Gasteiger partial charge in [-0.3, -0.25) is 4.68 Å². The zero-order valence-corrected chi connectivity index (χ0v) is 10.8. The Balaban J connectivity index is 2.05. The first-order valence-electron chi connectivity index (χ1n) is 5.94. The molecular weight excluding hydrogens is 214 g/mol. The molecule has 0 bridgehead atoms. The van der Waals surface area contributed by atoms with E-state index >= 15 is 0 Å². The Morgan fingerprint density at radius 1 is 1.24 bits per heavy atom. The minimum absolute atomic E-state index is 0.124. The number of hydrogen-bond donors (Lipinski definition) is 1. The third kappa shape index (κ3) is 2.70.